The number of thiocarbonyl (C=S) groups is 1. The second kappa shape index (κ2) is 6.40. The van der Waals surface area contributed by atoms with Crippen molar-refractivity contribution in [1.82, 2.24) is 16.2 Å². The third-order valence-corrected chi connectivity index (χ3v) is 2.75. The fourth-order valence-corrected chi connectivity index (χ4v) is 1.48. The SMILES string of the molecule is CNC(=S)NNC1OC(CO)C(O)C(O)C1O. The molecule has 17 heavy (non-hydrogen) atoms. The van der Waals surface area contributed by atoms with Crippen LogP contribution in [-0.4, -0.2) is 69.8 Å². The molecule has 0 aromatic carbocycles. The van der Waals surface area contributed by atoms with Gasteiger partial charge in [-0.3, -0.25) is 5.43 Å². The number of hydrogen-bond acceptors (Lipinski definition) is 7. The maximum absolute atomic E-state index is 9.62. The number of ether oxygens (including phenoxy) is 1. The van der Waals surface area contributed by atoms with E-state index in [2.05, 4.69) is 16.2 Å². The van der Waals surface area contributed by atoms with Crippen LogP contribution in [0, 0.1) is 0 Å². The Morgan fingerprint density at radius 3 is 2.41 bits per heavy atom. The topological polar surface area (TPSA) is 126 Å². The quantitative estimate of drug-likeness (QED) is 0.205. The van der Waals surface area contributed by atoms with Crippen molar-refractivity contribution in [2.75, 3.05) is 13.7 Å². The van der Waals surface area contributed by atoms with Crippen LogP contribution >= 0.6 is 12.2 Å². The van der Waals surface area contributed by atoms with Gasteiger partial charge in [0, 0.05) is 7.05 Å². The van der Waals surface area contributed by atoms with Crippen LogP contribution < -0.4 is 16.2 Å². The first kappa shape index (κ1) is 14.5. The van der Waals surface area contributed by atoms with Gasteiger partial charge >= 0.3 is 0 Å². The first-order valence-electron chi connectivity index (χ1n) is 5.05. The molecule has 0 aliphatic carbocycles. The van der Waals surface area contributed by atoms with Crippen molar-refractivity contribution in [1.29, 1.82) is 0 Å². The summed E-state index contributed by atoms with van der Waals surface area (Å²) in [7, 11) is 1.60. The summed E-state index contributed by atoms with van der Waals surface area (Å²) in [5.74, 6) is 0. The summed E-state index contributed by atoms with van der Waals surface area (Å²) in [6.07, 6.45) is -6.08. The lowest BCUT2D eigenvalue weighted by atomic mass is 9.99. The smallest absolute Gasteiger partial charge is 0.180 e. The van der Waals surface area contributed by atoms with E-state index in [1.807, 2.05) is 0 Å². The van der Waals surface area contributed by atoms with Crippen molar-refractivity contribution in [3.05, 3.63) is 0 Å². The van der Waals surface area contributed by atoms with E-state index in [1.54, 1.807) is 7.05 Å². The van der Waals surface area contributed by atoms with Crippen molar-refractivity contribution < 1.29 is 25.2 Å². The Balaban J connectivity index is 2.56. The van der Waals surface area contributed by atoms with Crippen molar-refractivity contribution in [2.24, 2.45) is 0 Å². The molecule has 0 amide bonds. The van der Waals surface area contributed by atoms with E-state index in [1.165, 1.54) is 0 Å². The third-order valence-electron chi connectivity index (χ3n) is 2.45. The predicted octanol–water partition coefficient (Wildman–Crippen LogP) is -3.62. The molecule has 1 aliphatic heterocycles. The van der Waals surface area contributed by atoms with Gasteiger partial charge in [-0.2, -0.15) is 0 Å². The average molecular weight is 267 g/mol. The van der Waals surface area contributed by atoms with Gasteiger partial charge in [0.15, 0.2) is 11.3 Å². The second-order valence-corrected chi connectivity index (χ2v) is 4.01. The second-order valence-electron chi connectivity index (χ2n) is 3.60. The Kier molecular flexibility index (Phi) is 5.46. The van der Waals surface area contributed by atoms with Gasteiger partial charge in [0.1, 0.15) is 24.4 Å². The highest BCUT2D eigenvalue weighted by Gasteiger charge is 2.43. The Morgan fingerprint density at radius 2 is 1.88 bits per heavy atom. The van der Waals surface area contributed by atoms with Crippen LogP contribution in [0.25, 0.3) is 0 Å². The number of aliphatic hydroxyl groups excluding tert-OH is 4. The maximum Gasteiger partial charge on any atom is 0.180 e. The zero-order chi connectivity index (χ0) is 13.0. The van der Waals surface area contributed by atoms with Crippen molar-refractivity contribution >= 4 is 17.3 Å². The van der Waals surface area contributed by atoms with Gasteiger partial charge in [-0.25, -0.2) is 5.43 Å². The molecule has 100 valence electrons. The lowest BCUT2D eigenvalue weighted by Gasteiger charge is -2.40. The maximum atomic E-state index is 9.62. The van der Waals surface area contributed by atoms with Crippen LogP contribution in [0.1, 0.15) is 0 Å². The fraction of sp³-hybridized carbons (Fsp3) is 0.875. The van der Waals surface area contributed by atoms with E-state index in [0.29, 0.717) is 0 Å². The molecule has 7 N–H and O–H groups in total. The lowest BCUT2D eigenvalue weighted by Crippen LogP contribution is -2.65. The number of rotatable bonds is 3. The third kappa shape index (κ3) is 3.45. The average Bonchev–Trinajstić information content (AvgIpc) is 2.34. The van der Waals surface area contributed by atoms with Gasteiger partial charge < -0.3 is 30.5 Å². The van der Waals surface area contributed by atoms with E-state index >= 15 is 0 Å². The fourth-order valence-electron chi connectivity index (χ4n) is 1.42. The Hall–Kier alpha value is -0.550. The van der Waals surface area contributed by atoms with Gasteiger partial charge in [-0.05, 0) is 12.2 Å². The highest BCUT2D eigenvalue weighted by molar-refractivity contribution is 7.80. The molecule has 1 saturated heterocycles. The van der Waals surface area contributed by atoms with Crippen LogP contribution in [-0.2, 0) is 4.74 Å². The predicted molar refractivity (Wildman–Crippen MR) is 61.7 cm³/mol. The molecule has 0 bridgehead atoms. The number of hydrogen-bond donors (Lipinski definition) is 7. The Morgan fingerprint density at radius 1 is 1.24 bits per heavy atom. The number of hydrazine groups is 1. The summed E-state index contributed by atoms with van der Waals surface area (Å²) in [6.45, 7) is -0.473. The minimum atomic E-state index is -1.41. The van der Waals surface area contributed by atoms with Crippen LogP contribution in [0.2, 0.25) is 0 Å². The molecule has 1 heterocycles. The van der Waals surface area contributed by atoms with E-state index in [9.17, 15) is 15.3 Å². The van der Waals surface area contributed by atoms with Gasteiger partial charge in [-0.15, -0.1) is 0 Å². The minimum absolute atomic E-state index is 0.266. The normalized spacial score (nSPS) is 37.6. The molecule has 0 aromatic rings. The van der Waals surface area contributed by atoms with E-state index in [-0.39, 0.29) is 5.11 Å². The molecule has 9 heteroatoms. The van der Waals surface area contributed by atoms with Crippen LogP contribution in [0.5, 0.6) is 0 Å². The molecule has 0 radical (unpaired) electrons. The van der Waals surface area contributed by atoms with Crippen molar-refractivity contribution in [3.63, 3.8) is 0 Å². The summed E-state index contributed by atoms with van der Waals surface area (Å²) in [5, 5.41) is 40.5. The lowest BCUT2D eigenvalue weighted by molar-refractivity contribution is -0.238. The molecular weight excluding hydrogens is 250 g/mol. The monoisotopic (exact) mass is 267 g/mol. The van der Waals surface area contributed by atoms with Gasteiger partial charge in [0.25, 0.3) is 0 Å². The zero-order valence-electron chi connectivity index (χ0n) is 9.20. The molecule has 0 aromatic heterocycles. The summed E-state index contributed by atoms with van der Waals surface area (Å²) in [5.41, 5.74) is 5.05. The van der Waals surface area contributed by atoms with E-state index in [4.69, 9.17) is 22.1 Å². The standard InChI is InChI=1S/C8H17N3O5S/c1-9-8(17)11-10-7-6(15)5(14)4(13)3(2-12)16-7/h3-7,10,12-15H,2H2,1H3,(H2,9,11,17). The molecule has 5 unspecified atom stereocenters. The van der Waals surface area contributed by atoms with Crippen molar-refractivity contribution in [3.8, 4) is 0 Å². The van der Waals surface area contributed by atoms with E-state index in [0.717, 1.165) is 0 Å². The molecule has 0 spiro atoms. The molecule has 8 nitrogen and oxygen atoms in total. The molecule has 5 atom stereocenters. The minimum Gasteiger partial charge on any atom is -0.394 e. The molecule has 1 aliphatic rings. The first-order chi connectivity index (χ1) is 8.01. The first-order valence-corrected chi connectivity index (χ1v) is 5.45. The summed E-state index contributed by atoms with van der Waals surface area (Å²) in [4.78, 5) is 0. The van der Waals surface area contributed by atoms with Gasteiger partial charge in [-0.1, -0.05) is 0 Å². The summed E-state index contributed by atoms with van der Waals surface area (Å²) >= 11 is 4.79. The molecule has 0 saturated carbocycles. The molecular formula is C8H17N3O5S. The van der Waals surface area contributed by atoms with Gasteiger partial charge in [0.05, 0.1) is 6.61 Å². The summed E-state index contributed by atoms with van der Waals surface area (Å²) in [6, 6.07) is 0. The molecule has 1 rings (SSSR count). The van der Waals surface area contributed by atoms with Crippen LogP contribution in [0.3, 0.4) is 0 Å². The van der Waals surface area contributed by atoms with Crippen LogP contribution in [0.15, 0.2) is 0 Å². The Bertz CT molecular complexity index is 268. The van der Waals surface area contributed by atoms with E-state index < -0.39 is 37.3 Å². The van der Waals surface area contributed by atoms with Gasteiger partial charge in [0.2, 0.25) is 0 Å². The highest BCUT2D eigenvalue weighted by Crippen LogP contribution is 2.19. The largest absolute Gasteiger partial charge is 0.394 e. The summed E-state index contributed by atoms with van der Waals surface area (Å²) < 4.78 is 5.15. The van der Waals surface area contributed by atoms with Crippen molar-refractivity contribution in [2.45, 2.75) is 30.6 Å². The number of nitrogens with one attached hydrogen (secondary N) is 3. The van der Waals surface area contributed by atoms with Crippen LogP contribution in [0.4, 0.5) is 0 Å². The Labute approximate surface area is 104 Å². The zero-order valence-corrected chi connectivity index (χ0v) is 10.0. The molecule has 1 fully saturated rings. The number of aliphatic hydroxyl groups is 4. The highest BCUT2D eigenvalue weighted by atomic mass is 32.1.